The van der Waals surface area contributed by atoms with Crippen molar-refractivity contribution in [2.24, 2.45) is 0 Å². The van der Waals surface area contributed by atoms with Crippen LogP contribution in [0.4, 0.5) is 11.4 Å². The van der Waals surface area contributed by atoms with Gasteiger partial charge in [0.25, 0.3) is 5.69 Å². The number of phenolic OH excluding ortho intramolecular Hbond substituents is 1. The molecule has 0 saturated carbocycles. The van der Waals surface area contributed by atoms with E-state index in [1.54, 1.807) is 31.2 Å². The van der Waals surface area contributed by atoms with Gasteiger partial charge in [-0.2, -0.15) is 0 Å². The molecule has 3 aromatic rings. The normalized spacial score (nSPS) is 14.9. The fourth-order valence-corrected chi connectivity index (χ4v) is 4.01. The van der Waals surface area contributed by atoms with E-state index in [1.165, 1.54) is 12.1 Å². The molecule has 1 fully saturated rings. The van der Waals surface area contributed by atoms with E-state index in [-0.39, 0.29) is 11.4 Å². The zero-order valence-electron chi connectivity index (χ0n) is 16.3. The van der Waals surface area contributed by atoms with Gasteiger partial charge in [0.2, 0.25) is 0 Å². The van der Waals surface area contributed by atoms with Gasteiger partial charge in [-0.3, -0.25) is 15.0 Å². The fraction of sp³-hybridized carbons (Fsp3) is 0.286. The number of hydrogen-bond donors (Lipinski definition) is 1. The van der Waals surface area contributed by atoms with E-state index in [0.717, 1.165) is 10.9 Å². The van der Waals surface area contributed by atoms with E-state index >= 15 is 0 Å². The summed E-state index contributed by atoms with van der Waals surface area (Å²) in [5.41, 5.74) is 1.86. The van der Waals surface area contributed by atoms with Crippen LogP contribution in [0.5, 0.6) is 5.75 Å². The molecule has 2 heterocycles. The first kappa shape index (κ1) is 20.2. The summed E-state index contributed by atoms with van der Waals surface area (Å²) in [6.07, 6.45) is 0. The highest BCUT2D eigenvalue weighted by atomic mass is 35.5. The number of hydrogen-bond acceptors (Lipinski definition) is 7. The number of fused-ring (bicyclic) bond motifs is 1. The molecule has 156 valence electrons. The maximum absolute atomic E-state index is 12.0. The van der Waals surface area contributed by atoms with Crippen LogP contribution in [0.3, 0.4) is 0 Å². The Balaban J connectivity index is 1.53. The number of anilines is 1. The molecule has 2 aromatic carbocycles. The number of halogens is 1. The third kappa shape index (κ3) is 3.83. The number of nitro groups is 1. The van der Waals surface area contributed by atoms with Gasteiger partial charge in [0.15, 0.2) is 0 Å². The van der Waals surface area contributed by atoms with Crippen molar-refractivity contribution in [3.63, 3.8) is 0 Å². The lowest BCUT2D eigenvalue weighted by atomic mass is 10.1. The molecule has 1 N–H and O–H groups in total. The number of aryl methyl sites for hydroxylation is 1. The number of benzene rings is 2. The molecule has 9 heteroatoms. The molecule has 30 heavy (non-hydrogen) atoms. The van der Waals surface area contributed by atoms with Gasteiger partial charge in [0.1, 0.15) is 17.0 Å². The highest BCUT2D eigenvalue weighted by molar-refractivity contribution is 6.30. The summed E-state index contributed by atoms with van der Waals surface area (Å²) in [6.45, 7) is 4.84. The van der Waals surface area contributed by atoms with Crippen molar-refractivity contribution in [2.45, 2.75) is 13.5 Å². The molecule has 0 bridgehead atoms. The Labute approximate surface area is 177 Å². The zero-order chi connectivity index (χ0) is 21.4. The number of aromatic hydroxyl groups is 1. The molecule has 4 rings (SSSR count). The second kappa shape index (κ2) is 7.97. The third-order valence-corrected chi connectivity index (χ3v) is 5.69. The largest absolute Gasteiger partial charge is 0.508 e. The van der Waals surface area contributed by atoms with Crippen LogP contribution in [-0.4, -0.2) is 41.1 Å². The number of rotatable bonds is 4. The molecule has 0 radical (unpaired) electrons. The Kier molecular flexibility index (Phi) is 5.36. The molecular formula is C21H20ClN3O5. The molecule has 0 aliphatic carbocycles. The zero-order valence-corrected chi connectivity index (χ0v) is 17.1. The minimum Gasteiger partial charge on any atom is -0.508 e. The Hall–Kier alpha value is -3.10. The van der Waals surface area contributed by atoms with E-state index in [1.807, 2.05) is 4.90 Å². The SMILES string of the molecule is Cc1c(O)ccc2c(CN3CCN(c4ccc(Cl)cc4[N+](=O)[O-])CC3)cc(=O)oc12. The van der Waals surface area contributed by atoms with Crippen LogP contribution in [0, 0.1) is 17.0 Å². The van der Waals surface area contributed by atoms with Crippen LogP contribution in [0.15, 0.2) is 45.6 Å². The highest BCUT2D eigenvalue weighted by Gasteiger charge is 2.24. The van der Waals surface area contributed by atoms with Gasteiger partial charge >= 0.3 is 5.63 Å². The van der Waals surface area contributed by atoms with Crippen molar-refractivity contribution in [1.82, 2.24) is 4.90 Å². The molecule has 1 aliphatic heterocycles. The predicted molar refractivity (Wildman–Crippen MR) is 114 cm³/mol. The maximum atomic E-state index is 12.0. The average molecular weight is 430 g/mol. The predicted octanol–water partition coefficient (Wildman–Crippen LogP) is 3.69. The van der Waals surface area contributed by atoms with Gasteiger partial charge in [0.05, 0.1) is 4.92 Å². The Morgan fingerprint density at radius 3 is 2.60 bits per heavy atom. The molecule has 0 spiro atoms. The van der Waals surface area contributed by atoms with E-state index in [4.69, 9.17) is 16.0 Å². The van der Waals surface area contributed by atoms with Crippen LogP contribution >= 0.6 is 11.6 Å². The third-order valence-electron chi connectivity index (χ3n) is 5.46. The van der Waals surface area contributed by atoms with Crippen molar-refractivity contribution >= 4 is 33.9 Å². The first-order valence-electron chi connectivity index (χ1n) is 9.50. The number of nitrogens with zero attached hydrogens (tertiary/aromatic N) is 3. The van der Waals surface area contributed by atoms with Gasteiger partial charge in [-0.15, -0.1) is 0 Å². The van der Waals surface area contributed by atoms with Crippen molar-refractivity contribution < 1.29 is 14.4 Å². The van der Waals surface area contributed by atoms with Gasteiger partial charge in [-0.1, -0.05) is 11.6 Å². The summed E-state index contributed by atoms with van der Waals surface area (Å²) < 4.78 is 5.31. The summed E-state index contributed by atoms with van der Waals surface area (Å²) in [5, 5.41) is 22.4. The van der Waals surface area contributed by atoms with Crippen LogP contribution in [0.2, 0.25) is 5.02 Å². The Morgan fingerprint density at radius 2 is 1.90 bits per heavy atom. The quantitative estimate of drug-likeness (QED) is 0.383. The van der Waals surface area contributed by atoms with Crippen molar-refractivity contribution in [3.8, 4) is 5.75 Å². The van der Waals surface area contributed by atoms with E-state index in [0.29, 0.717) is 54.6 Å². The van der Waals surface area contributed by atoms with E-state index < -0.39 is 10.5 Å². The number of piperazine rings is 1. The minimum atomic E-state index is -0.457. The highest BCUT2D eigenvalue weighted by Crippen LogP contribution is 2.32. The summed E-state index contributed by atoms with van der Waals surface area (Å²) in [5.74, 6) is 0.0842. The first-order valence-corrected chi connectivity index (χ1v) is 9.88. The van der Waals surface area contributed by atoms with Crippen LogP contribution in [0.1, 0.15) is 11.1 Å². The maximum Gasteiger partial charge on any atom is 0.336 e. The topological polar surface area (TPSA) is 100 Å². The van der Waals surface area contributed by atoms with Crippen molar-refractivity contribution in [2.75, 3.05) is 31.1 Å². The smallest absolute Gasteiger partial charge is 0.336 e. The Bertz CT molecular complexity index is 1190. The fourth-order valence-electron chi connectivity index (χ4n) is 3.84. The summed E-state index contributed by atoms with van der Waals surface area (Å²) in [4.78, 5) is 27.2. The second-order valence-electron chi connectivity index (χ2n) is 7.33. The van der Waals surface area contributed by atoms with Crippen LogP contribution < -0.4 is 10.5 Å². The molecule has 0 amide bonds. The average Bonchev–Trinajstić information content (AvgIpc) is 2.71. The van der Waals surface area contributed by atoms with Crippen LogP contribution in [0.25, 0.3) is 11.0 Å². The summed E-state index contributed by atoms with van der Waals surface area (Å²) >= 11 is 5.91. The van der Waals surface area contributed by atoms with Crippen molar-refractivity contribution in [3.05, 3.63) is 73.1 Å². The standard InChI is InChI=1S/C21H20ClN3O5/c1-13-19(26)5-3-16-14(10-20(27)30-21(13)16)12-23-6-8-24(9-7-23)17-4-2-15(22)11-18(17)25(28)29/h2-5,10-11,26H,6-9,12H2,1H3. The lowest BCUT2D eigenvalue weighted by Crippen LogP contribution is -2.46. The van der Waals surface area contributed by atoms with Gasteiger partial charge < -0.3 is 14.4 Å². The minimum absolute atomic E-state index is 0.00195. The Morgan fingerprint density at radius 1 is 1.17 bits per heavy atom. The number of nitro benzene ring substituents is 1. The van der Waals surface area contributed by atoms with Crippen molar-refractivity contribution in [1.29, 1.82) is 0 Å². The second-order valence-corrected chi connectivity index (χ2v) is 7.77. The lowest BCUT2D eigenvalue weighted by molar-refractivity contribution is -0.384. The van der Waals surface area contributed by atoms with Gasteiger partial charge in [0, 0.05) is 60.8 Å². The molecular weight excluding hydrogens is 410 g/mol. The van der Waals surface area contributed by atoms with Crippen LogP contribution in [-0.2, 0) is 6.54 Å². The monoisotopic (exact) mass is 429 g/mol. The summed E-state index contributed by atoms with van der Waals surface area (Å²) in [6, 6.07) is 9.54. The molecule has 0 atom stereocenters. The molecule has 1 saturated heterocycles. The number of phenols is 1. The molecule has 1 aliphatic rings. The lowest BCUT2D eigenvalue weighted by Gasteiger charge is -2.36. The van der Waals surface area contributed by atoms with Gasteiger partial charge in [-0.25, -0.2) is 4.79 Å². The van der Waals surface area contributed by atoms with E-state index in [2.05, 4.69) is 4.90 Å². The molecule has 8 nitrogen and oxygen atoms in total. The molecule has 1 aromatic heterocycles. The van der Waals surface area contributed by atoms with E-state index in [9.17, 15) is 20.0 Å². The first-order chi connectivity index (χ1) is 14.3. The molecule has 0 unspecified atom stereocenters. The van der Waals surface area contributed by atoms with Gasteiger partial charge in [-0.05, 0) is 36.8 Å². The summed E-state index contributed by atoms with van der Waals surface area (Å²) in [7, 11) is 0.